The Kier molecular flexibility index (Phi) is 4.06. The normalized spacial score (nSPS) is 11.9. The first kappa shape index (κ1) is 7.29. The largest absolute Gasteiger partial charge is 0.198 e. The van der Waals surface area contributed by atoms with E-state index in [1.54, 1.807) is 6.08 Å². The summed E-state index contributed by atoms with van der Waals surface area (Å²) in [5, 5.41) is 8.28. The second-order valence-electron chi connectivity index (χ2n) is 1.55. The fourth-order valence-corrected chi connectivity index (χ4v) is 0.415. The van der Waals surface area contributed by atoms with Crippen molar-refractivity contribution in [2.45, 2.75) is 12.7 Å². The van der Waals surface area contributed by atoms with Crippen molar-refractivity contribution >= 4 is 7.85 Å². The molecular weight excluding hydrogens is 96.9 g/mol. The van der Waals surface area contributed by atoms with Gasteiger partial charge in [0, 0.05) is 0 Å². The predicted molar refractivity (Wildman–Crippen MR) is 34.5 cm³/mol. The Balaban J connectivity index is 3.40. The van der Waals surface area contributed by atoms with Crippen LogP contribution in [0.5, 0.6) is 0 Å². The van der Waals surface area contributed by atoms with Gasteiger partial charge in [0.25, 0.3) is 0 Å². The van der Waals surface area contributed by atoms with Gasteiger partial charge >= 0.3 is 0 Å². The quantitative estimate of drug-likeness (QED) is 0.391. The third-order valence-electron chi connectivity index (χ3n) is 0.928. The Morgan fingerprint density at radius 2 is 2.50 bits per heavy atom. The Morgan fingerprint density at radius 3 is 2.62 bits per heavy atom. The summed E-state index contributed by atoms with van der Waals surface area (Å²) in [5.41, 5.74) is 0. The first-order valence-corrected chi connectivity index (χ1v) is 2.57. The van der Waals surface area contributed by atoms with Gasteiger partial charge in [0.15, 0.2) is 0 Å². The van der Waals surface area contributed by atoms with E-state index in [0.29, 0.717) is 6.32 Å². The molecule has 0 rings (SSSR count). The van der Waals surface area contributed by atoms with Gasteiger partial charge in [-0.05, 0) is 6.42 Å². The molecule has 0 bridgehead atoms. The smallest absolute Gasteiger partial charge is 0.0697 e. The third-order valence-corrected chi connectivity index (χ3v) is 0.928. The SMILES string of the molecule is [B]CCC(C#N)C=C. The summed E-state index contributed by atoms with van der Waals surface area (Å²) in [7, 11) is 5.18. The van der Waals surface area contributed by atoms with Crippen LogP contribution in [-0.2, 0) is 0 Å². The highest BCUT2D eigenvalue weighted by Gasteiger charge is 1.96. The van der Waals surface area contributed by atoms with Gasteiger partial charge in [-0.2, -0.15) is 5.26 Å². The van der Waals surface area contributed by atoms with E-state index in [1.807, 2.05) is 0 Å². The maximum absolute atomic E-state index is 8.28. The highest BCUT2D eigenvalue weighted by atomic mass is 14.3. The minimum atomic E-state index is -0.0556. The molecule has 0 aliphatic heterocycles. The van der Waals surface area contributed by atoms with Crippen molar-refractivity contribution in [2.75, 3.05) is 0 Å². The minimum absolute atomic E-state index is 0.0556. The van der Waals surface area contributed by atoms with E-state index in [0.717, 1.165) is 6.42 Å². The molecule has 8 heavy (non-hydrogen) atoms. The van der Waals surface area contributed by atoms with Gasteiger partial charge in [-0.3, -0.25) is 0 Å². The molecule has 0 aromatic heterocycles. The lowest BCUT2D eigenvalue weighted by Crippen LogP contribution is -1.89. The van der Waals surface area contributed by atoms with E-state index >= 15 is 0 Å². The van der Waals surface area contributed by atoms with Crippen LogP contribution in [0.3, 0.4) is 0 Å². The first-order chi connectivity index (χ1) is 3.85. The maximum Gasteiger partial charge on any atom is 0.0697 e. The summed E-state index contributed by atoms with van der Waals surface area (Å²) in [4.78, 5) is 0. The zero-order valence-electron chi connectivity index (χ0n) is 4.80. The summed E-state index contributed by atoms with van der Waals surface area (Å²) in [5.74, 6) is -0.0556. The number of nitrogens with zero attached hydrogens (tertiary/aromatic N) is 1. The number of nitriles is 1. The predicted octanol–water partition coefficient (Wildman–Crippen LogP) is 1.29. The van der Waals surface area contributed by atoms with Crippen molar-refractivity contribution in [2.24, 2.45) is 5.92 Å². The van der Waals surface area contributed by atoms with Gasteiger partial charge in [0.2, 0.25) is 0 Å². The molecule has 0 fully saturated rings. The van der Waals surface area contributed by atoms with Gasteiger partial charge in [0.1, 0.15) is 0 Å². The van der Waals surface area contributed by atoms with Crippen molar-refractivity contribution in [3.05, 3.63) is 12.7 Å². The van der Waals surface area contributed by atoms with Crippen molar-refractivity contribution in [1.29, 1.82) is 5.26 Å². The summed E-state index contributed by atoms with van der Waals surface area (Å²) in [6, 6.07) is 2.05. The Morgan fingerprint density at radius 1 is 1.88 bits per heavy atom. The van der Waals surface area contributed by atoms with Crippen LogP contribution in [0.15, 0.2) is 12.7 Å². The van der Waals surface area contributed by atoms with Crippen molar-refractivity contribution in [3.8, 4) is 6.07 Å². The molecule has 0 amide bonds. The van der Waals surface area contributed by atoms with E-state index in [9.17, 15) is 0 Å². The standard InChI is InChI=1S/C6H8BN/c1-2-6(5-8)3-4-7/h2,6H,1,3-4H2. The zero-order chi connectivity index (χ0) is 6.41. The van der Waals surface area contributed by atoms with Crippen LogP contribution in [0.25, 0.3) is 0 Å². The van der Waals surface area contributed by atoms with Crippen LogP contribution < -0.4 is 0 Å². The van der Waals surface area contributed by atoms with Crippen LogP contribution in [0.2, 0.25) is 6.32 Å². The Hall–Kier alpha value is -0.705. The molecule has 0 aliphatic carbocycles. The summed E-state index contributed by atoms with van der Waals surface area (Å²) < 4.78 is 0. The van der Waals surface area contributed by atoms with Gasteiger partial charge in [-0.15, -0.1) is 6.58 Å². The average Bonchev–Trinajstić information content (AvgIpc) is 1.83. The molecule has 1 unspecified atom stereocenters. The van der Waals surface area contributed by atoms with Gasteiger partial charge in [-0.1, -0.05) is 12.4 Å². The molecule has 0 saturated heterocycles. The number of rotatable bonds is 3. The van der Waals surface area contributed by atoms with Crippen molar-refractivity contribution in [1.82, 2.24) is 0 Å². The lowest BCUT2D eigenvalue weighted by Gasteiger charge is -1.95. The second kappa shape index (κ2) is 4.45. The molecule has 40 valence electrons. The zero-order valence-corrected chi connectivity index (χ0v) is 4.80. The molecule has 0 spiro atoms. The lowest BCUT2D eigenvalue weighted by atomic mass is 9.94. The fourth-order valence-electron chi connectivity index (χ4n) is 0.415. The second-order valence-corrected chi connectivity index (χ2v) is 1.55. The van der Waals surface area contributed by atoms with E-state index in [2.05, 4.69) is 12.6 Å². The van der Waals surface area contributed by atoms with E-state index in [4.69, 9.17) is 13.1 Å². The molecule has 2 radical (unpaired) electrons. The van der Waals surface area contributed by atoms with E-state index in [1.165, 1.54) is 0 Å². The molecule has 1 atom stereocenters. The average molecular weight is 105 g/mol. The number of hydrogen-bond donors (Lipinski definition) is 0. The lowest BCUT2D eigenvalue weighted by molar-refractivity contribution is 0.789. The molecule has 0 N–H and O–H groups in total. The highest BCUT2D eigenvalue weighted by Crippen LogP contribution is 2.03. The summed E-state index contributed by atoms with van der Waals surface area (Å²) in [6.07, 6.45) is 2.90. The van der Waals surface area contributed by atoms with Gasteiger partial charge in [-0.25, -0.2) is 0 Å². The Labute approximate surface area is 51.4 Å². The molecule has 0 heterocycles. The highest BCUT2D eigenvalue weighted by molar-refractivity contribution is 6.08. The van der Waals surface area contributed by atoms with Crippen LogP contribution in [0.4, 0.5) is 0 Å². The fraction of sp³-hybridized carbons (Fsp3) is 0.500. The monoisotopic (exact) mass is 105 g/mol. The van der Waals surface area contributed by atoms with Crippen LogP contribution in [0.1, 0.15) is 6.42 Å². The van der Waals surface area contributed by atoms with E-state index < -0.39 is 0 Å². The molecule has 0 aromatic carbocycles. The van der Waals surface area contributed by atoms with Crippen molar-refractivity contribution in [3.63, 3.8) is 0 Å². The molecule has 0 saturated carbocycles. The summed E-state index contributed by atoms with van der Waals surface area (Å²) in [6.45, 7) is 3.47. The van der Waals surface area contributed by atoms with E-state index in [-0.39, 0.29) is 5.92 Å². The topological polar surface area (TPSA) is 23.8 Å². The number of allylic oxidation sites excluding steroid dienone is 1. The molecule has 0 aromatic rings. The third kappa shape index (κ3) is 2.46. The molecule has 2 heteroatoms. The summed E-state index contributed by atoms with van der Waals surface area (Å²) >= 11 is 0. The van der Waals surface area contributed by atoms with Crippen LogP contribution >= 0.6 is 0 Å². The maximum atomic E-state index is 8.28. The molecular formula is C6H8BN. The Bertz CT molecular complexity index is 104. The molecule has 1 nitrogen and oxygen atoms in total. The van der Waals surface area contributed by atoms with Gasteiger partial charge in [0.05, 0.1) is 19.8 Å². The van der Waals surface area contributed by atoms with Crippen LogP contribution in [-0.4, -0.2) is 7.85 Å². The van der Waals surface area contributed by atoms with Crippen LogP contribution in [0, 0.1) is 17.2 Å². The molecule has 0 aliphatic rings. The first-order valence-electron chi connectivity index (χ1n) is 2.57. The van der Waals surface area contributed by atoms with Gasteiger partial charge < -0.3 is 0 Å². The van der Waals surface area contributed by atoms with Crippen molar-refractivity contribution < 1.29 is 0 Å². The minimum Gasteiger partial charge on any atom is -0.198 e. The number of hydrogen-bond acceptors (Lipinski definition) is 1.